The summed E-state index contributed by atoms with van der Waals surface area (Å²) in [5, 5.41) is 26.5. The van der Waals surface area contributed by atoms with Crippen molar-refractivity contribution in [3.63, 3.8) is 0 Å². The number of nitrogens with zero attached hydrogens (tertiary/aromatic N) is 1. The van der Waals surface area contributed by atoms with E-state index in [0.29, 0.717) is 13.1 Å². The first-order valence-electron chi connectivity index (χ1n) is 10.6. The van der Waals surface area contributed by atoms with E-state index in [1.807, 2.05) is 30.3 Å². The maximum atomic E-state index is 13.4. The quantitative estimate of drug-likeness (QED) is 0.237. The summed E-state index contributed by atoms with van der Waals surface area (Å²) in [7, 11) is 0. The van der Waals surface area contributed by atoms with Gasteiger partial charge < -0.3 is 15.5 Å². The van der Waals surface area contributed by atoms with E-state index in [4.69, 9.17) is 34.8 Å². The molecule has 4 atom stereocenters. The highest BCUT2D eigenvalue weighted by molar-refractivity contribution is 6.43. The zero-order chi connectivity index (χ0) is 24.6. The Morgan fingerprint density at radius 3 is 2.47 bits per heavy atom. The van der Waals surface area contributed by atoms with Crippen LogP contribution >= 0.6 is 34.8 Å². The number of hydrogen-bond donors (Lipinski definition) is 4. The normalized spacial score (nSPS) is 26.2. The van der Waals surface area contributed by atoms with Gasteiger partial charge in [-0.1, -0.05) is 65.1 Å². The first-order valence-corrected chi connectivity index (χ1v) is 11.7. The van der Waals surface area contributed by atoms with Gasteiger partial charge in [0.2, 0.25) is 11.8 Å². The summed E-state index contributed by atoms with van der Waals surface area (Å²) in [5.41, 5.74) is -0.733. The van der Waals surface area contributed by atoms with Gasteiger partial charge in [0.05, 0.1) is 28.5 Å². The lowest BCUT2D eigenvalue weighted by Gasteiger charge is -2.29. The molecule has 0 radical (unpaired) electrons. The van der Waals surface area contributed by atoms with Crippen molar-refractivity contribution in [3.05, 3.63) is 68.7 Å². The zero-order valence-electron chi connectivity index (χ0n) is 17.8. The standard InChI is InChI=1S/C23H22Cl3N3O5/c24-13-8-14(18(26)15(25)9-13)19-16-17(23(11-30,28-19)22(33)34)21(32)29(20(16)31)7-6-27-10-12-4-2-1-3-5-12/h1-5,8-9,16-17,19,27-28,30H,6-7,10-11H2,(H,33,34). The number of hydrogen-bond acceptors (Lipinski definition) is 6. The SMILES string of the molecule is O=C1C2C(c3cc(Cl)cc(Cl)c3Cl)NC(CO)(C(=O)O)C2C(=O)N1CCNCc1ccccc1. The van der Waals surface area contributed by atoms with Crippen LogP contribution < -0.4 is 10.6 Å². The summed E-state index contributed by atoms with van der Waals surface area (Å²) in [6.45, 7) is 0.00763. The van der Waals surface area contributed by atoms with E-state index in [1.165, 1.54) is 12.1 Å². The predicted octanol–water partition coefficient (Wildman–Crippen LogP) is 2.50. The molecule has 4 unspecified atom stereocenters. The van der Waals surface area contributed by atoms with Gasteiger partial charge in [0.1, 0.15) is 0 Å². The average Bonchev–Trinajstić information content (AvgIpc) is 3.29. The van der Waals surface area contributed by atoms with Gasteiger partial charge in [-0.25, -0.2) is 0 Å². The van der Waals surface area contributed by atoms with Crippen LogP contribution in [0.5, 0.6) is 0 Å². The highest BCUT2D eigenvalue weighted by atomic mass is 35.5. The van der Waals surface area contributed by atoms with Gasteiger partial charge in [-0.05, 0) is 23.3 Å². The van der Waals surface area contributed by atoms with Crippen LogP contribution in [-0.4, -0.2) is 58.1 Å². The fourth-order valence-electron chi connectivity index (χ4n) is 4.78. The molecule has 0 saturated carbocycles. The number of rotatable bonds is 8. The molecule has 2 aliphatic rings. The van der Waals surface area contributed by atoms with Gasteiger partial charge in [0.25, 0.3) is 0 Å². The maximum absolute atomic E-state index is 13.4. The molecule has 0 bridgehead atoms. The fraction of sp³-hybridized carbons (Fsp3) is 0.348. The van der Waals surface area contributed by atoms with Crippen LogP contribution in [-0.2, 0) is 20.9 Å². The van der Waals surface area contributed by atoms with E-state index in [2.05, 4.69) is 10.6 Å². The van der Waals surface area contributed by atoms with Crippen LogP contribution in [0.4, 0.5) is 0 Å². The van der Waals surface area contributed by atoms with E-state index in [0.717, 1.165) is 10.5 Å². The summed E-state index contributed by atoms with van der Waals surface area (Å²) in [6, 6.07) is 11.5. The van der Waals surface area contributed by atoms with Crippen molar-refractivity contribution >= 4 is 52.6 Å². The van der Waals surface area contributed by atoms with Crippen LogP contribution in [0.1, 0.15) is 17.2 Å². The summed E-state index contributed by atoms with van der Waals surface area (Å²) in [5.74, 6) is -5.07. The first-order chi connectivity index (χ1) is 16.2. The number of carboxylic acids is 1. The molecule has 4 N–H and O–H groups in total. The Morgan fingerprint density at radius 2 is 1.82 bits per heavy atom. The van der Waals surface area contributed by atoms with E-state index in [-0.39, 0.29) is 27.2 Å². The molecule has 11 heteroatoms. The maximum Gasteiger partial charge on any atom is 0.327 e. The lowest BCUT2D eigenvalue weighted by molar-refractivity contribution is -0.153. The Kier molecular flexibility index (Phi) is 7.19. The average molecular weight is 527 g/mol. The number of carboxylic acid groups (broad SMARTS) is 1. The molecule has 0 spiro atoms. The molecular formula is C23H22Cl3N3O5. The Bertz CT molecular complexity index is 1130. The largest absolute Gasteiger partial charge is 0.480 e. The third kappa shape index (κ3) is 4.19. The smallest absolute Gasteiger partial charge is 0.327 e. The van der Waals surface area contributed by atoms with Crippen LogP contribution in [0.2, 0.25) is 15.1 Å². The summed E-state index contributed by atoms with van der Waals surface area (Å²) in [4.78, 5) is 40.0. The molecule has 180 valence electrons. The van der Waals surface area contributed by atoms with Gasteiger partial charge in [-0.15, -0.1) is 0 Å². The molecule has 0 aliphatic carbocycles. The van der Waals surface area contributed by atoms with Crippen molar-refractivity contribution in [2.24, 2.45) is 11.8 Å². The Hall–Kier alpha value is -2.20. The molecule has 8 nitrogen and oxygen atoms in total. The van der Waals surface area contributed by atoms with Gasteiger partial charge in [-0.2, -0.15) is 0 Å². The van der Waals surface area contributed by atoms with Crippen LogP contribution in [0.25, 0.3) is 0 Å². The van der Waals surface area contributed by atoms with Crippen molar-refractivity contribution in [2.75, 3.05) is 19.7 Å². The number of carbonyl (C=O) groups is 3. The van der Waals surface area contributed by atoms with Crippen molar-refractivity contribution in [3.8, 4) is 0 Å². The second-order valence-electron chi connectivity index (χ2n) is 8.34. The minimum absolute atomic E-state index is 0.0510. The number of benzene rings is 2. The summed E-state index contributed by atoms with van der Waals surface area (Å²) < 4.78 is 0. The van der Waals surface area contributed by atoms with Crippen LogP contribution in [0.15, 0.2) is 42.5 Å². The van der Waals surface area contributed by atoms with Crippen molar-refractivity contribution in [1.29, 1.82) is 0 Å². The number of likely N-dealkylation sites (tertiary alicyclic amines) is 1. The highest BCUT2D eigenvalue weighted by Crippen LogP contribution is 2.50. The number of aliphatic carboxylic acids is 1. The number of halogens is 3. The Labute approximate surface area is 210 Å². The number of imide groups is 1. The minimum atomic E-state index is -2.06. The number of amides is 2. The molecule has 2 fully saturated rings. The molecule has 4 rings (SSSR count). The van der Waals surface area contributed by atoms with Gasteiger partial charge in [0.15, 0.2) is 5.54 Å². The van der Waals surface area contributed by atoms with Crippen LogP contribution in [0.3, 0.4) is 0 Å². The minimum Gasteiger partial charge on any atom is -0.480 e. The Morgan fingerprint density at radius 1 is 1.12 bits per heavy atom. The van der Waals surface area contributed by atoms with Crippen molar-refractivity contribution < 1.29 is 24.6 Å². The van der Waals surface area contributed by atoms with Crippen molar-refractivity contribution in [1.82, 2.24) is 15.5 Å². The third-order valence-corrected chi connectivity index (χ3v) is 7.45. The zero-order valence-corrected chi connectivity index (χ0v) is 20.1. The number of fused-ring (bicyclic) bond motifs is 1. The summed E-state index contributed by atoms with van der Waals surface area (Å²) >= 11 is 18.7. The predicted molar refractivity (Wildman–Crippen MR) is 127 cm³/mol. The number of aliphatic hydroxyl groups is 1. The number of carbonyl (C=O) groups excluding carboxylic acids is 2. The summed E-state index contributed by atoms with van der Waals surface area (Å²) in [6.07, 6.45) is 0. The fourth-order valence-corrected chi connectivity index (χ4v) is 5.52. The molecule has 2 heterocycles. The van der Waals surface area contributed by atoms with Gasteiger partial charge in [0, 0.05) is 30.7 Å². The second kappa shape index (κ2) is 9.81. The monoisotopic (exact) mass is 525 g/mol. The molecular weight excluding hydrogens is 505 g/mol. The lowest BCUT2D eigenvalue weighted by Crippen LogP contribution is -2.58. The van der Waals surface area contributed by atoms with Gasteiger partial charge >= 0.3 is 5.97 Å². The number of aliphatic hydroxyl groups excluding tert-OH is 1. The third-order valence-electron chi connectivity index (χ3n) is 6.42. The first kappa shape index (κ1) is 24.9. The Balaban J connectivity index is 1.62. The highest BCUT2D eigenvalue weighted by Gasteiger charge is 2.68. The molecule has 2 saturated heterocycles. The lowest BCUT2D eigenvalue weighted by atomic mass is 9.79. The van der Waals surface area contributed by atoms with Crippen molar-refractivity contribution in [2.45, 2.75) is 18.1 Å². The molecule has 2 aromatic carbocycles. The van der Waals surface area contributed by atoms with Gasteiger partial charge in [-0.3, -0.25) is 24.6 Å². The van der Waals surface area contributed by atoms with E-state index >= 15 is 0 Å². The van der Waals surface area contributed by atoms with E-state index in [9.17, 15) is 24.6 Å². The molecule has 2 amide bonds. The van der Waals surface area contributed by atoms with Crippen LogP contribution in [0, 0.1) is 11.8 Å². The van der Waals surface area contributed by atoms with E-state index in [1.54, 1.807) is 0 Å². The second-order valence-corrected chi connectivity index (χ2v) is 9.56. The topological polar surface area (TPSA) is 119 Å². The molecule has 34 heavy (non-hydrogen) atoms. The molecule has 2 aliphatic heterocycles. The molecule has 0 aromatic heterocycles. The number of nitrogens with one attached hydrogen (secondary N) is 2. The van der Waals surface area contributed by atoms with E-state index < -0.39 is 47.8 Å². The molecule has 2 aromatic rings.